The number of pyridine rings is 1. The van der Waals surface area contributed by atoms with Crippen molar-refractivity contribution in [1.29, 1.82) is 0 Å². The van der Waals surface area contributed by atoms with Crippen LogP contribution in [0.1, 0.15) is 35.8 Å². The lowest BCUT2D eigenvalue weighted by atomic mass is 10.2. The third-order valence-electron chi connectivity index (χ3n) is 2.42. The predicted octanol–water partition coefficient (Wildman–Crippen LogP) is 1.52. The Morgan fingerprint density at radius 1 is 1.50 bits per heavy atom. The molecule has 18 heavy (non-hydrogen) atoms. The molecule has 0 spiro atoms. The van der Waals surface area contributed by atoms with Gasteiger partial charge in [-0.3, -0.25) is 9.78 Å². The molecule has 0 saturated heterocycles. The van der Waals surface area contributed by atoms with Gasteiger partial charge in [0.15, 0.2) is 0 Å². The van der Waals surface area contributed by atoms with Gasteiger partial charge in [-0.05, 0) is 25.8 Å². The van der Waals surface area contributed by atoms with Crippen molar-refractivity contribution < 1.29 is 9.53 Å². The number of ether oxygens (including phenoxy) is 1. The Bertz CT molecular complexity index is 394. The lowest BCUT2D eigenvalue weighted by Gasteiger charge is -2.07. The fourth-order valence-electron chi connectivity index (χ4n) is 1.49. The van der Waals surface area contributed by atoms with E-state index in [1.807, 2.05) is 6.92 Å². The highest BCUT2D eigenvalue weighted by Crippen LogP contribution is 2.10. The molecule has 1 aromatic heterocycles. The molecule has 0 unspecified atom stereocenters. The van der Waals surface area contributed by atoms with Crippen molar-refractivity contribution >= 4 is 11.6 Å². The first-order valence-electron chi connectivity index (χ1n) is 6.23. The molecule has 3 N–H and O–H groups in total. The highest BCUT2D eigenvalue weighted by atomic mass is 16.5. The molecule has 1 heterocycles. The van der Waals surface area contributed by atoms with Crippen LogP contribution in [0.3, 0.4) is 0 Å². The molecule has 0 aliphatic rings. The Morgan fingerprint density at radius 2 is 2.28 bits per heavy atom. The van der Waals surface area contributed by atoms with Crippen LogP contribution in [-0.4, -0.2) is 30.6 Å². The van der Waals surface area contributed by atoms with E-state index in [4.69, 9.17) is 10.5 Å². The lowest BCUT2D eigenvalue weighted by molar-refractivity contribution is 0.0942. The summed E-state index contributed by atoms with van der Waals surface area (Å²) in [6.45, 7) is 5.91. The number of aromatic nitrogens is 1. The number of carbonyl (C=O) groups excluding carboxylic acids is 1. The predicted molar refractivity (Wildman–Crippen MR) is 71.4 cm³/mol. The van der Waals surface area contributed by atoms with Gasteiger partial charge in [0.2, 0.25) is 0 Å². The average molecular weight is 251 g/mol. The van der Waals surface area contributed by atoms with Gasteiger partial charge in [0.05, 0.1) is 5.56 Å². The summed E-state index contributed by atoms with van der Waals surface area (Å²) in [6, 6.07) is 1.69. The van der Waals surface area contributed by atoms with Crippen LogP contribution in [0.4, 0.5) is 5.69 Å². The monoisotopic (exact) mass is 251 g/mol. The second kappa shape index (κ2) is 7.66. The van der Waals surface area contributed by atoms with E-state index in [1.165, 1.54) is 6.20 Å². The highest BCUT2D eigenvalue weighted by molar-refractivity contribution is 5.98. The molecular formula is C13H21N3O2. The number of carbonyl (C=O) groups is 1. The molecule has 0 aromatic carbocycles. The molecular weight excluding hydrogens is 230 g/mol. The Labute approximate surface area is 108 Å². The number of hydrogen-bond donors (Lipinski definition) is 2. The van der Waals surface area contributed by atoms with E-state index in [9.17, 15) is 4.79 Å². The van der Waals surface area contributed by atoms with Crippen molar-refractivity contribution in [1.82, 2.24) is 10.3 Å². The first-order valence-corrected chi connectivity index (χ1v) is 6.23. The van der Waals surface area contributed by atoms with Crippen molar-refractivity contribution in [2.75, 3.05) is 25.5 Å². The van der Waals surface area contributed by atoms with Crippen molar-refractivity contribution in [2.45, 2.75) is 26.7 Å². The fourth-order valence-corrected chi connectivity index (χ4v) is 1.49. The summed E-state index contributed by atoms with van der Waals surface area (Å²) in [5, 5.41) is 2.80. The number of aryl methyl sites for hydroxylation is 1. The quantitative estimate of drug-likeness (QED) is 0.720. The lowest BCUT2D eigenvalue weighted by Crippen LogP contribution is -2.26. The number of anilines is 1. The minimum absolute atomic E-state index is 0.185. The minimum Gasteiger partial charge on any atom is -0.398 e. The van der Waals surface area contributed by atoms with E-state index < -0.39 is 0 Å². The smallest absolute Gasteiger partial charge is 0.254 e. The zero-order valence-corrected chi connectivity index (χ0v) is 11.0. The molecule has 0 fully saturated rings. The third-order valence-corrected chi connectivity index (χ3v) is 2.42. The fraction of sp³-hybridized carbons (Fsp3) is 0.538. The maximum absolute atomic E-state index is 11.8. The van der Waals surface area contributed by atoms with E-state index >= 15 is 0 Å². The number of hydrogen-bond acceptors (Lipinski definition) is 4. The molecule has 0 aliphatic carbocycles. The number of rotatable bonds is 7. The van der Waals surface area contributed by atoms with Gasteiger partial charge < -0.3 is 15.8 Å². The van der Waals surface area contributed by atoms with Crippen molar-refractivity contribution in [3.05, 3.63) is 23.5 Å². The molecule has 0 radical (unpaired) electrons. The van der Waals surface area contributed by atoms with Gasteiger partial charge in [0.1, 0.15) is 0 Å². The Morgan fingerprint density at radius 3 is 2.94 bits per heavy atom. The van der Waals surface area contributed by atoms with Gasteiger partial charge in [0, 0.05) is 37.3 Å². The summed E-state index contributed by atoms with van der Waals surface area (Å²) in [5.41, 5.74) is 7.46. The second-order valence-corrected chi connectivity index (χ2v) is 4.13. The van der Waals surface area contributed by atoms with Crippen LogP contribution in [0.25, 0.3) is 0 Å². The van der Waals surface area contributed by atoms with Gasteiger partial charge in [-0.15, -0.1) is 0 Å². The first-order chi connectivity index (χ1) is 8.65. The third kappa shape index (κ3) is 4.71. The number of nitrogens with zero attached hydrogens (tertiary/aromatic N) is 1. The minimum atomic E-state index is -0.185. The van der Waals surface area contributed by atoms with Gasteiger partial charge >= 0.3 is 0 Å². The summed E-state index contributed by atoms with van der Waals surface area (Å²) in [6.07, 6.45) is 3.32. The molecule has 5 nitrogen and oxygen atoms in total. The molecule has 1 aromatic rings. The molecule has 1 amide bonds. The maximum atomic E-state index is 11.8. The number of nitrogens with two attached hydrogens (primary N) is 1. The van der Waals surface area contributed by atoms with Crippen molar-refractivity contribution in [3.8, 4) is 0 Å². The zero-order chi connectivity index (χ0) is 13.4. The van der Waals surface area contributed by atoms with Crippen LogP contribution in [0.2, 0.25) is 0 Å². The molecule has 0 atom stereocenters. The largest absolute Gasteiger partial charge is 0.398 e. The van der Waals surface area contributed by atoms with Crippen LogP contribution in [0.5, 0.6) is 0 Å². The second-order valence-electron chi connectivity index (χ2n) is 4.13. The maximum Gasteiger partial charge on any atom is 0.254 e. The normalized spacial score (nSPS) is 10.3. The zero-order valence-electron chi connectivity index (χ0n) is 11.0. The van der Waals surface area contributed by atoms with Crippen molar-refractivity contribution in [2.24, 2.45) is 0 Å². The van der Waals surface area contributed by atoms with Crippen LogP contribution >= 0.6 is 0 Å². The summed E-state index contributed by atoms with van der Waals surface area (Å²) in [5.74, 6) is -0.185. The SMILES string of the molecule is CCCOCCCNC(=O)c1cnc(C)cc1N. The van der Waals surface area contributed by atoms with E-state index in [-0.39, 0.29) is 5.91 Å². The van der Waals surface area contributed by atoms with Gasteiger partial charge in [0.25, 0.3) is 5.91 Å². The first kappa shape index (κ1) is 14.4. The Kier molecular flexibility index (Phi) is 6.14. The Hall–Kier alpha value is -1.62. The molecule has 0 bridgehead atoms. The number of nitrogen functional groups attached to an aromatic ring is 1. The summed E-state index contributed by atoms with van der Waals surface area (Å²) in [4.78, 5) is 15.9. The average Bonchev–Trinajstić information content (AvgIpc) is 2.33. The van der Waals surface area contributed by atoms with Crippen LogP contribution in [-0.2, 0) is 4.74 Å². The summed E-state index contributed by atoms with van der Waals surface area (Å²) >= 11 is 0. The van der Waals surface area contributed by atoms with Crippen molar-refractivity contribution in [3.63, 3.8) is 0 Å². The molecule has 1 rings (SSSR count). The van der Waals surface area contributed by atoms with E-state index in [0.717, 1.165) is 25.1 Å². The number of amides is 1. The van der Waals surface area contributed by atoms with Gasteiger partial charge in [-0.2, -0.15) is 0 Å². The standard InChI is InChI=1S/C13H21N3O2/c1-3-6-18-7-4-5-15-13(17)11-9-16-10(2)8-12(11)14/h8-9H,3-7H2,1-2H3,(H2,14,16)(H,15,17). The summed E-state index contributed by atoms with van der Waals surface area (Å²) in [7, 11) is 0. The topological polar surface area (TPSA) is 77.2 Å². The molecule has 5 heteroatoms. The van der Waals surface area contributed by atoms with E-state index in [0.29, 0.717) is 24.4 Å². The van der Waals surface area contributed by atoms with Crippen LogP contribution in [0.15, 0.2) is 12.3 Å². The van der Waals surface area contributed by atoms with Gasteiger partial charge in [-0.1, -0.05) is 6.92 Å². The highest BCUT2D eigenvalue weighted by Gasteiger charge is 2.09. The number of nitrogens with one attached hydrogen (secondary N) is 1. The molecule has 100 valence electrons. The summed E-state index contributed by atoms with van der Waals surface area (Å²) < 4.78 is 5.32. The van der Waals surface area contributed by atoms with Crippen LogP contribution in [0, 0.1) is 6.92 Å². The molecule has 0 aliphatic heterocycles. The van der Waals surface area contributed by atoms with Crippen LogP contribution < -0.4 is 11.1 Å². The van der Waals surface area contributed by atoms with E-state index in [2.05, 4.69) is 17.2 Å². The molecule has 0 saturated carbocycles. The van der Waals surface area contributed by atoms with E-state index in [1.54, 1.807) is 6.07 Å². The van der Waals surface area contributed by atoms with Gasteiger partial charge in [-0.25, -0.2) is 0 Å². The Balaban J connectivity index is 2.32.